The van der Waals surface area contributed by atoms with Crippen molar-refractivity contribution >= 4 is 5.91 Å². The van der Waals surface area contributed by atoms with Crippen LogP contribution in [0.3, 0.4) is 0 Å². The second kappa shape index (κ2) is 5.75. The third-order valence-electron chi connectivity index (χ3n) is 4.61. The van der Waals surface area contributed by atoms with E-state index < -0.39 is 0 Å². The summed E-state index contributed by atoms with van der Waals surface area (Å²) >= 11 is 0. The van der Waals surface area contributed by atoms with Gasteiger partial charge < -0.3 is 15.2 Å². The van der Waals surface area contributed by atoms with Crippen LogP contribution in [0, 0.1) is 5.92 Å². The van der Waals surface area contributed by atoms with Gasteiger partial charge in [-0.15, -0.1) is 0 Å². The quantitative estimate of drug-likeness (QED) is 0.920. The lowest BCUT2D eigenvalue weighted by atomic mass is 10.1. The van der Waals surface area contributed by atoms with Gasteiger partial charge in [-0.2, -0.15) is 4.98 Å². The molecule has 0 radical (unpaired) electrons. The van der Waals surface area contributed by atoms with Crippen molar-refractivity contribution in [1.29, 1.82) is 0 Å². The van der Waals surface area contributed by atoms with Crippen molar-refractivity contribution in [3.8, 4) is 0 Å². The number of nitrogens with zero attached hydrogens (tertiary/aromatic N) is 3. The first kappa shape index (κ1) is 14.5. The Morgan fingerprint density at radius 2 is 2.19 bits per heavy atom. The first-order chi connectivity index (χ1) is 10.1. The molecule has 1 aliphatic heterocycles. The summed E-state index contributed by atoms with van der Waals surface area (Å²) in [6.07, 6.45) is 4.59. The van der Waals surface area contributed by atoms with E-state index in [1.165, 1.54) is 0 Å². The predicted octanol–water partition coefficient (Wildman–Crippen LogP) is 1.98. The molecule has 0 bridgehead atoms. The number of nitrogens with two attached hydrogens (primary N) is 1. The van der Waals surface area contributed by atoms with Gasteiger partial charge in [0, 0.05) is 24.4 Å². The molecule has 6 nitrogen and oxygen atoms in total. The highest BCUT2D eigenvalue weighted by Crippen LogP contribution is 2.35. The molecule has 1 saturated carbocycles. The molecule has 0 spiro atoms. The van der Waals surface area contributed by atoms with E-state index in [1.54, 1.807) is 0 Å². The number of hydrogen-bond acceptors (Lipinski definition) is 5. The molecule has 3 unspecified atom stereocenters. The van der Waals surface area contributed by atoms with Gasteiger partial charge in [-0.25, -0.2) is 0 Å². The van der Waals surface area contributed by atoms with Crippen LogP contribution >= 0.6 is 0 Å². The van der Waals surface area contributed by atoms with Gasteiger partial charge in [0.25, 0.3) is 0 Å². The van der Waals surface area contributed by atoms with Crippen LogP contribution in [0.15, 0.2) is 4.52 Å². The van der Waals surface area contributed by atoms with E-state index >= 15 is 0 Å². The highest BCUT2D eigenvalue weighted by Gasteiger charge is 2.38. The van der Waals surface area contributed by atoms with Crippen LogP contribution in [-0.4, -0.2) is 33.5 Å². The standard InChI is InChI=1S/C15H24N4O2/c1-9(2)14-17-13(18-21-14)12-4-3-7-19(12)15(20)10-5-6-11(16)8-10/h9-12H,3-8,16H2,1-2H3. The van der Waals surface area contributed by atoms with E-state index in [4.69, 9.17) is 10.3 Å². The minimum Gasteiger partial charge on any atom is -0.339 e. The Kier molecular flexibility index (Phi) is 3.97. The lowest BCUT2D eigenvalue weighted by Gasteiger charge is -2.25. The second-order valence-corrected chi connectivity index (χ2v) is 6.61. The Bertz CT molecular complexity index is 514. The minimum absolute atomic E-state index is 0.0226. The first-order valence-electron chi connectivity index (χ1n) is 7.95. The molecular weight excluding hydrogens is 268 g/mol. The summed E-state index contributed by atoms with van der Waals surface area (Å²) in [6, 6.07) is 0.156. The summed E-state index contributed by atoms with van der Waals surface area (Å²) in [6.45, 7) is 4.84. The minimum atomic E-state index is -0.0226. The molecule has 2 N–H and O–H groups in total. The van der Waals surface area contributed by atoms with E-state index in [2.05, 4.69) is 10.1 Å². The number of carbonyl (C=O) groups excluding carboxylic acids is 1. The predicted molar refractivity (Wildman–Crippen MR) is 77.4 cm³/mol. The number of hydrogen-bond donors (Lipinski definition) is 1. The van der Waals surface area contributed by atoms with Crippen LogP contribution < -0.4 is 5.73 Å². The van der Waals surface area contributed by atoms with Crippen molar-refractivity contribution < 1.29 is 9.32 Å². The molecule has 1 aromatic heterocycles. The maximum absolute atomic E-state index is 12.7. The number of carbonyl (C=O) groups is 1. The van der Waals surface area contributed by atoms with E-state index in [0.29, 0.717) is 11.7 Å². The molecular formula is C15H24N4O2. The zero-order valence-electron chi connectivity index (χ0n) is 12.8. The van der Waals surface area contributed by atoms with Crippen LogP contribution in [0.1, 0.15) is 69.6 Å². The smallest absolute Gasteiger partial charge is 0.229 e. The lowest BCUT2D eigenvalue weighted by molar-refractivity contribution is -0.136. The van der Waals surface area contributed by atoms with Crippen molar-refractivity contribution in [3.05, 3.63) is 11.7 Å². The molecule has 2 aliphatic rings. The van der Waals surface area contributed by atoms with Crippen LogP contribution in [0.25, 0.3) is 0 Å². The van der Waals surface area contributed by atoms with Gasteiger partial charge in [-0.1, -0.05) is 19.0 Å². The zero-order chi connectivity index (χ0) is 15.0. The molecule has 0 aromatic carbocycles. The molecule has 21 heavy (non-hydrogen) atoms. The third kappa shape index (κ3) is 2.81. The van der Waals surface area contributed by atoms with E-state index in [0.717, 1.165) is 38.6 Å². The van der Waals surface area contributed by atoms with Crippen molar-refractivity contribution in [2.24, 2.45) is 11.7 Å². The number of likely N-dealkylation sites (tertiary alicyclic amines) is 1. The van der Waals surface area contributed by atoms with Crippen LogP contribution in [0.4, 0.5) is 0 Å². The Labute approximate surface area is 125 Å². The molecule has 1 aromatic rings. The first-order valence-corrected chi connectivity index (χ1v) is 7.95. The Balaban J connectivity index is 1.74. The second-order valence-electron chi connectivity index (χ2n) is 6.61. The normalized spacial score (nSPS) is 29.5. The summed E-state index contributed by atoms with van der Waals surface area (Å²) in [5.41, 5.74) is 5.93. The Morgan fingerprint density at radius 1 is 1.38 bits per heavy atom. The molecule has 2 heterocycles. The van der Waals surface area contributed by atoms with Gasteiger partial charge in [-0.05, 0) is 32.1 Å². The summed E-state index contributed by atoms with van der Waals surface area (Å²) in [5, 5.41) is 4.09. The summed E-state index contributed by atoms with van der Waals surface area (Å²) in [4.78, 5) is 19.1. The molecule has 3 rings (SSSR count). The fraction of sp³-hybridized carbons (Fsp3) is 0.800. The zero-order valence-corrected chi connectivity index (χ0v) is 12.8. The Morgan fingerprint density at radius 3 is 2.81 bits per heavy atom. The van der Waals surface area contributed by atoms with Gasteiger partial charge in [0.05, 0.1) is 6.04 Å². The summed E-state index contributed by atoms with van der Waals surface area (Å²) in [7, 11) is 0. The largest absolute Gasteiger partial charge is 0.339 e. The van der Waals surface area contributed by atoms with E-state index in [1.807, 2.05) is 18.7 Å². The van der Waals surface area contributed by atoms with E-state index in [-0.39, 0.29) is 29.8 Å². The lowest BCUT2D eigenvalue weighted by Crippen LogP contribution is -2.35. The molecule has 1 aliphatic carbocycles. The summed E-state index contributed by atoms with van der Waals surface area (Å²) in [5.74, 6) is 1.82. The van der Waals surface area contributed by atoms with Gasteiger partial charge in [-0.3, -0.25) is 4.79 Å². The Hall–Kier alpha value is -1.43. The monoisotopic (exact) mass is 292 g/mol. The fourth-order valence-corrected chi connectivity index (χ4v) is 3.39. The molecule has 2 fully saturated rings. The number of amides is 1. The van der Waals surface area contributed by atoms with Crippen LogP contribution in [-0.2, 0) is 4.79 Å². The van der Waals surface area contributed by atoms with Crippen LogP contribution in [0.2, 0.25) is 0 Å². The van der Waals surface area contributed by atoms with Crippen molar-refractivity contribution in [3.63, 3.8) is 0 Å². The molecule has 6 heteroatoms. The maximum Gasteiger partial charge on any atom is 0.229 e. The summed E-state index contributed by atoms with van der Waals surface area (Å²) < 4.78 is 5.29. The van der Waals surface area contributed by atoms with Gasteiger partial charge in [0.15, 0.2) is 5.82 Å². The molecule has 3 atom stereocenters. The van der Waals surface area contributed by atoms with E-state index in [9.17, 15) is 4.79 Å². The fourth-order valence-electron chi connectivity index (χ4n) is 3.39. The van der Waals surface area contributed by atoms with Crippen LogP contribution in [0.5, 0.6) is 0 Å². The number of rotatable bonds is 3. The SMILES string of the molecule is CC(C)c1nc(C2CCCN2C(=O)C2CCC(N)C2)no1. The highest BCUT2D eigenvalue weighted by atomic mass is 16.5. The average molecular weight is 292 g/mol. The topological polar surface area (TPSA) is 85.2 Å². The molecule has 1 amide bonds. The number of aromatic nitrogens is 2. The highest BCUT2D eigenvalue weighted by molar-refractivity contribution is 5.80. The van der Waals surface area contributed by atoms with Gasteiger partial charge in [0.1, 0.15) is 0 Å². The van der Waals surface area contributed by atoms with Gasteiger partial charge in [0.2, 0.25) is 11.8 Å². The van der Waals surface area contributed by atoms with Crippen molar-refractivity contribution in [1.82, 2.24) is 15.0 Å². The molecule has 116 valence electrons. The van der Waals surface area contributed by atoms with Crippen molar-refractivity contribution in [2.75, 3.05) is 6.54 Å². The average Bonchev–Trinajstić information content (AvgIpc) is 3.17. The molecule has 1 saturated heterocycles. The van der Waals surface area contributed by atoms with Crippen molar-refractivity contribution in [2.45, 2.75) is 64.0 Å². The van der Waals surface area contributed by atoms with Gasteiger partial charge >= 0.3 is 0 Å². The third-order valence-corrected chi connectivity index (χ3v) is 4.61. The maximum atomic E-state index is 12.7.